The highest BCUT2D eigenvalue weighted by Gasteiger charge is 2.52. The summed E-state index contributed by atoms with van der Waals surface area (Å²) in [5.74, 6) is 0. The van der Waals surface area contributed by atoms with E-state index >= 15 is 0 Å². The molecule has 1 spiro atoms. The van der Waals surface area contributed by atoms with Crippen LogP contribution in [-0.4, -0.2) is 9.97 Å². The number of rotatable bonds is 0. The molecule has 0 amide bonds. The van der Waals surface area contributed by atoms with E-state index < -0.39 is 0 Å². The van der Waals surface area contributed by atoms with Gasteiger partial charge in [-0.1, -0.05) is 60.1 Å². The lowest BCUT2D eigenvalue weighted by atomic mass is 9.71. The van der Waals surface area contributed by atoms with Crippen molar-refractivity contribution in [1.29, 1.82) is 0 Å². The van der Waals surface area contributed by atoms with E-state index in [1.54, 1.807) is 0 Å². The lowest BCUT2D eigenvalue weighted by molar-refractivity contribution is 0.791. The summed E-state index contributed by atoms with van der Waals surface area (Å²) in [6.07, 6.45) is 5.60. The summed E-state index contributed by atoms with van der Waals surface area (Å²) in [6.45, 7) is 0. The van der Waals surface area contributed by atoms with Gasteiger partial charge in [0.05, 0.1) is 5.41 Å². The Morgan fingerprint density at radius 2 is 1.27 bits per heavy atom. The topological polar surface area (TPSA) is 25.8 Å². The Balaban J connectivity index is 1.89. The minimum absolute atomic E-state index is 0.354. The highest BCUT2D eigenvalue weighted by atomic mass is 35.5. The van der Waals surface area contributed by atoms with Gasteiger partial charge in [0.1, 0.15) is 5.15 Å². The van der Waals surface area contributed by atoms with Crippen LogP contribution in [0.5, 0.6) is 0 Å². The SMILES string of the molecule is Clc1nccc2c1-c1cnccc1C21c2ccccc2-c2ccccc21. The maximum Gasteiger partial charge on any atom is 0.137 e. The van der Waals surface area contributed by atoms with Crippen molar-refractivity contribution < 1.29 is 0 Å². The smallest absolute Gasteiger partial charge is 0.137 e. The zero-order chi connectivity index (χ0) is 17.3. The first-order valence-corrected chi connectivity index (χ1v) is 9.00. The fourth-order valence-electron chi connectivity index (χ4n) is 4.89. The molecule has 0 unspecified atom stereocenters. The Morgan fingerprint density at radius 3 is 2.00 bits per heavy atom. The molecule has 0 saturated carbocycles. The molecule has 0 aliphatic heterocycles. The Bertz CT molecular complexity index is 1170. The molecule has 0 saturated heterocycles. The Labute approximate surface area is 156 Å². The number of benzene rings is 2. The number of hydrogen-bond acceptors (Lipinski definition) is 2. The van der Waals surface area contributed by atoms with Gasteiger partial charge >= 0.3 is 0 Å². The monoisotopic (exact) mass is 352 g/mol. The highest BCUT2D eigenvalue weighted by molar-refractivity contribution is 6.32. The maximum atomic E-state index is 6.57. The molecule has 3 heteroatoms. The van der Waals surface area contributed by atoms with Gasteiger partial charge in [-0.15, -0.1) is 0 Å². The van der Waals surface area contributed by atoms with Crippen molar-refractivity contribution in [3.8, 4) is 22.3 Å². The van der Waals surface area contributed by atoms with Crippen LogP contribution in [0.1, 0.15) is 22.3 Å². The predicted octanol–water partition coefficient (Wildman–Crippen LogP) is 5.47. The Hall–Kier alpha value is -2.97. The molecular formula is C23H13ClN2. The second-order valence-corrected chi connectivity index (χ2v) is 7.14. The fourth-order valence-corrected chi connectivity index (χ4v) is 5.15. The van der Waals surface area contributed by atoms with Crippen molar-refractivity contribution in [3.05, 3.63) is 107 Å². The Kier molecular flexibility index (Phi) is 2.63. The normalized spacial score (nSPS) is 14.7. The summed E-state index contributed by atoms with van der Waals surface area (Å²) in [7, 11) is 0. The molecule has 2 aliphatic rings. The highest BCUT2D eigenvalue weighted by Crippen LogP contribution is 2.63. The van der Waals surface area contributed by atoms with E-state index in [-0.39, 0.29) is 5.41 Å². The van der Waals surface area contributed by atoms with Gasteiger partial charge in [0.15, 0.2) is 0 Å². The molecule has 0 atom stereocenters. The van der Waals surface area contributed by atoms with Gasteiger partial charge in [0.25, 0.3) is 0 Å². The largest absolute Gasteiger partial charge is 0.264 e. The number of pyridine rings is 2. The molecule has 2 nitrogen and oxygen atoms in total. The molecule has 2 aliphatic carbocycles. The van der Waals surface area contributed by atoms with E-state index in [2.05, 4.69) is 70.6 Å². The van der Waals surface area contributed by atoms with Crippen LogP contribution in [0, 0.1) is 0 Å². The number of nitrogens with zero attached hydrogens (tertiary/aromatic N) is 2. The summed E-state index contributed by atoms with van der Waals surface area (Å²) in [4.78, 5) is 8.73. The van der Waals surface area contributed by atoms with Crippen molar-refractivity contribution in [3.63, 3.8) is 0 Å². The molecule has 122 valence electrons. The van der Waals surface area contributed by atoms with Crippen molar-refractivity contribution >= 4 is 11.6 Å². The quantitative estimate of drug-likeness (QED) is 0.338. The molecule has 2 heterocycles. The van der Waals surface area contributed by atoms with Crippen molar-refractivity contribution in [2.24, 2.45) is 0 Å². The first kappa shape index (κ1) is 14.2. The Morgan fingerprint density at radius 1 is 0.654 bits per heavy atom. The lowest BCUT2D eigenvalue weighted by Crippen LogP contribution is -2.25. The molecule has 0 fully saturated rings. The van der Waals surface area contributed by atoms with E-state index in [0.29, 0.717) is 5.15 Å². The molecule has 0 bridgehead atoms. The van der Waals surface area contributed by atoms with Gasteiger partial charge in [-0.3, -0.25) is 4.98 Å². The van der Waals surface area contributed by atoms with Gasteiger partial charge in [0, 0.05) is 29.7 Å². The third-order valence-corrected chi connectivity index (χ3v) is 6.04. The molecule has 0 N–H and O–H groups in total. The van der Waals surface area contributed by atoms with E-state index in [0.717, 1.165) is 11.1 Å². The second-order valence-electron chi connectivity index (χ2n) is 6.79. The number of halogens is 1. The van der Waals surface area contributed by atoms with Crippen LogP contribution in [0.15, 0.2) is 79.3 Å². The van der Waals surface area contributed by atoms with Gasteiger partial charge in [-0.25, -0.2) is 4.98 Å². The van der Waals surface area contributed by atoms with Crippen LogP contribution >= 0.6 is 11.6 Å². The van der Waals surface area contributed by atoms with Gasteiger partial charge in [-0.05, 0) is 45.5 Å². The van der Waals surface area contributed by atoms with Crippen LogP contribution in [0.25, 0.3) is 22.3 Å². The van der Waals surface area contributed by atoms with Crippen LogP contribution in [-0.2, 0) is 5.41 Å². The van der Waals surface area contributed by atoms with Crippen molar-refractivity contribution in [2.45, 2.75) is 5.41 Å². The van der Waals surface area contributed by atoms with Crippen LogP contribution in [0.4, 0.5) is 0 Å². The maximum absolute atomic E-state index is 6.57. The zero-order valence-corrected chi connectivity index (χ0v) is 14.5. The van der Waals surface area contributed by atoms with E-state index in [9.17, 15) is 0 Å². The predicted molar refractivity (Wildman–Crippen MR) is 103 cm³/mol. The zero-order valence-electron chi connectivity index (χ0n) is 13.8. The molecule has 0 radical (unpaired) electrons. The first-order chi connectivity index (χ1) is 12.8. The summed E-state index contributed by atoms with van der Waals surface area (Å²) in [6, 6.07) is 21.6. The van der Waals surface area contributed by atoms with Crippen LogP contribution in [0.2, 0.25) is 5.15 Å². The summed E-state index contributed by atoms with van der Waals surface area (Å²) in [5, 5.41) is 0.537. The number of fused-ring (bicyclic) bond motifs is 10. The minimum atomic E-state index is -0.354. The minimum Gasteiger partial charge on any atom is -0.264 e. The average Bonchev–Trinajstić information content (AvgIpc) is 3.16. The molecule has 26 heavy (non-hydrogen) atoms. The van der Waals surface area contributed by atoms with Gasteiger partial charge in [0.2, 0.25) is 0 Å². The van der Waals surface area contributed by atoms with E-state index in [4.69, 9.17) is 11.6 Å². The summed E-state index contributed by atoms with van der Waals surface area (Å²) >= 11 is 6.57. The number of aromatic nitrogens is 2. The average molecular weight is 353 g/mol. The van der Waals surface area contributed by atoms with Crippen molar-refractivity contribution in [1.82, 2.24) is 9.97 Å². The molecule has 6 rings (SSSR count). The van der Waals surface area contributed by atoms with E-state index in [1.807, 2.05) is 18.6 Å². The van der Waals surface area contributed by atoms with Crippen molar-refractivity contribution in [2.75, 3.05) is 0 Å². The summed E-state index contributed by atoms with van der Waals surface area (Å²) in [5.41, 5.74) is 9.32. The third-order valence-electron chi connectivity index (χ3n) is 5.76. The first-order valence-electron chi connectivity index (χ1n) is 8.62. The molecule has 2 aromatic heterocycles. The summed E-state index contributed by atoms with van der Waals surface area (Å²) < 4.78 is 0. The lowest BCUT2D eigenvalue weighted by Gasteiger charge is -2.30. The van der Waals surface area contributed by atoms with Gasteiger partial charge < -0.3 is 0 Å². The van der Waals surface area contributed by atoms with Crippen LogP contribution < -0.4 is 0 Å². The molecule has 2 aromatic carbocycles. The number of hydrogen-bond donors (Lipinski definition) is 0. The van der Waals surface area contributed by atoms with E-state index in [1.165, 1.54) is 33.4 Å². The second kappa shape index (κ2) is 4.80. The van der Waals surface area contributed by atoms with Crippen LogP contribution in [0.3, 0.4) is 0 Å². The standard InChI is InChI=1S/C23H13ClN2/c24-22-21-16-13-25-11-9-19(16)23(20(21)10-12-26-22)17-7-3-1-5-14(17)15-6-2-4-8-18(15)23/h1-13H. The third kappa shape index (κ3) is 1.46. The molecular weight excluding hydrogens is 340 g/mol. The van der Waals surface area contributed by atoms with Gasteiger partial charge in [-0.2, -0.15) is 0 Å². The molecule has 4 aromatic rings. The fraction of sp³-hybridized carbons (Fsp3) is 0.0435.